The highest BCUT2D eigenvalue weighted by atomic mass is 32.3. The maximum absolute atomic E-state index is 14.1. The Balaban J connectivity index is 1.96. The molecule has 0 aromatic carbocycles. The second-order valence-electron chi connectivity index (χ2n) is 28.4. The van der Waals surface area contributed by atoms with Gasteiger partial charge in [0.05, 0.1) is 25.2 Å². The molecule has 1 unspecified atom stereocenters. The van der Waals surface area contributed by atoms with Gasteiger partial charge in [-0.15, -0.1) is 0 Å². The van der Waals surface area contributed by atoms with Crippen molar-refractivity contribution in [3.63, 3.8) is 0 Å². The predicted octanol–water partition coefficient (Wildman–Crippen LogP) is 14.5. The molecule has 0 amide bonds. The first kappa shape index (κ1) is 82.5. The number of rotatable bonds is 54. The van der Waals surface area contributed by atoms with Crippen LogP contribution in [0.2, 0.25) is 0 Å². The van der Waals surface area contributed by atoms with Crippen molar-refractivity contribution in [3.05, 3.63) is 0 Å². The number of ether oxygens (including phenoxy) is 5. The van der Waals surface area contributed by atoms with Crippen molar-refractivity contribution in [2.24, 2.45) is 47.3 Å². The molecule has 2 fully saturated rings. The van der Waals surface area contributed by atoms with Crippen LogP contribution in [-0.2, 0) is 47.9 Å². The number of esters is 2. The maximum Gasteiger partial charge on any atom is 0.397 e. The van der Waals surface area contributed by atoms with E-state index >= 15 is 0 Å². The Bertz CT molecular complexity index is 1840. The molecule has 2 saturated heterocycles. The van der Waals surface area contributed by atoms with Gasteiger partial charge in [-0.25, -0.2) is 4.18 Å². The average molecular weight is 1280 g/mol. The van der Waals surface area contributed by atoms with Gasteiger partial charge < -0.3 is 54.3 Å². The normalized spacial score (nSPS) is 25.7. The van der Waals surface area contributed by atoms with Crippen LogP contribution in [0.5, 0.6) is 0 Å². The monoisotopic (exact) mass is 1280 g/mol. The van der Waals surface area contributed by atoms with E-state index in [0.29, 0.717) is 48.3 Å². The van der Waals surface area contributed by atoms with E-state index in [1.54, 1.807) is 6.92 Å². The number of hydrogen-bond donors (Lipinski definition) is 7. The molecule has 17 nitrogen and oxygen atoms in total. The van der Waals surface area contributed by atoms with E-state index in [0.717, 1.165) is 83.5 Å². The molecule has 0 spiro atoms. The highest BCUT2D eigenvalue weighted by Gasteiger charge is 2.55. The van der Waals surface area contributed by atoms with Gasteiger partial charge in [-0.2, -0.15) is 8.42 Å². The van der Waals surface area contributed by atoms with Crippen LogP contribution in [-0.4, -0.2) is 136 Å². The zero-order valence-electron chi connectivity index (χ0n) is 57.2. The van der Waals surface area contributed by atoms with E-state index < -0.39 is 103 Å². The summed E-state index contributed by atoms with van der Waals surface area (Å²) in [4.78, 5) is 27.8. The van der Waals surface area contributed by atoms with Crippen molar-refractivity contribution in [2.75, 3.05) is 13.2 Å². The largest absolute Gasteiger partial charge is 0.455 e. The van der Waals surface area contributed by atoms with E-state index in [9.17, 15) is 53.2 Å². The Kier molecular flexibility index (Phi) is 45.2. The second kappa shape index (κ2) is 48.2. The molecule has 0 aromatic rings. The molecule has 522 valence electrons. The van der Waals surface area contributed by atoms with Crippen LogP contribution in [0.1, 0.15) is 307 Å². The van der Waals surface area contributed by atoms with Gasteiger partial charge in [0.2, 0.25) is 6.29 Å². The van der Waals surface area contributed by atoms with Crippen molar-refractivity contribution < 1.29 is 81.1 Å². The number of carbonyl (C=O) groups is 2. The molecule has 2 aliphatic heterocycles. The minimum atomic E-state index is -5.32. The van der Waals surface area contributed by atoms with Crippen LogP contribution >= 0.6 is 0 Å². The Morgan fingerprint density at radius 3 is 1.19 bits per heavy atom. The Labute approximate surface area is 536 Å². The number of aliphatic hydroxyl groups is 6. The highest BCUT2D eigenvalue weighted by Crippen LogP contribution is 2.36. The van der Waals surface area contributed by atoms with Gasteiger partial charge in [-0.1, -0.05) is 243 Å². The van der Waals surface area contributed by atoms with Gasteiger partial charge in [0.25, 0.3) is 0 Å². The minimum absolute atomic E-state index is 0.0545. The first-order chi connectivity index (χ1) is 41.9. The molecule has 0 saturated carbocycles. The van der Waals surface area contributed by atoms with Gasteiger partial charge in [-0.3, -0.25) is 14.1 Å². The molecule has 2 rings (SSSR count). The van der Waals surface area contributed by atoms with Crippen molar-refractivity contribution >= 4 is 22.3 Å². The first-order valence-corrected chi connectivity index (χ1v) is 37.3. The van der Waals surface area contributed by atoms with E-state index in [2.05, 4.69) is 66.5 Å². The van der Waals surface area contributed by atoms with Gasteiger partial charge in [-0.05, 0) is 99.2 Å². The molecule has 2 heterocycles. The first-order valence-electron chi connectivity index (χ1n) is 35.9. The smallest absolute Gasteiger partial charge is 0.397 e. The van der Waals surface area contributed by atoms with Gasteiger partial charge >= 0.3 is 22.3 Å². The summed E-state index contributed by atoms with van der Waals surface area (Å²) in [5.41, 5.74) is 0. The van der Waals surface area contributed by atoms with Crippen molar-refractivity contribution in [3.8, 4) is 0 Å². The van der Waals surface area contributed by atoms with Crippen molar-refractivity contribution in [1.29, 1.82) is 0 Å². The fourth-order valence-electron chi connectivity index (χ4n) is 14.2. The zero-order chi connectivity index (χ0) is 65.4. The standard InChI is InChI=1S/C70H134O17S/c1-11-13-15-17-19-21-23-25-26-28-30-32-34-36-38-40-61(74)84-67-65(63(76)60(49-72)83-70(67)86-69-66(87-88(79,80)81)64(77)62(75)59(48-71)82-69)85-68(78)57(10)47-55(8)45-53(6)43-51(4)41-50(3)42-52(5)44-54(7)46-56(9)58(73)39-37-35-33-31-29-27-24-22-20-18-16-14-12-2/h50-60,62-67,69-73,75-77H,11-49H2,1-10H3,(H,79,80,81)/t50-,51+,52-,53+,54-,55+,56-,57+,58?,59-,60-,62-,63-,64+,65+,66-,67-,69-,70-/m1/s1. The van der Waals surface area contributed by atoms with Crippen LogP contribution in [0.4, 0.5) is 0 Å². The van der Waals surface area contributed by atoms with Gasteiger partial charge in [0.15, 0.2) is 24.6 Å². The quantitative estimate of drug-likeness (QED) is 0.0169. The topological polar surface area (TPSA) is 265 Å². The fraction of sp³-hybridized carbons (Fsp3) is 0.971. The van der Waals surface area contributed by atoms with Crippen LogP contribution in [0, 0.1) is 47.3 Å². The lowest BCUT2D eigenvalue weighted by molar-refractivity contribution is -0.374. The molecule has 2 aliphatic rings. The summed E-state index contributed by atoms with van der Waals surface area (Å²) in [6, 6.07) is 0. The molecule has 0 bridgehead atoms. The van der Waals surface area contributed by atoms with Crippen LogP contribution < -0.4 is 0 Å². The van der Waals surface area contributed by atoms with Crippen molar-refractivity contribution in [2.45, 2.75) is 374 Å². The molecule has 7 N–H and O–H groups in total. The Hall–Kier alpha value is -1.55. The Morgan fingerprint density at radius 2 is 0.795 bits per heavy atom. The molecular formula is C70H134O17S. The lowest BCUT2D eigenvalue weighted by Gasteiger charge is -2.46. The third-order valence-corrected chi connectivity index (χ3v) is 19.3. The molecule has 0 radical (unpaired) electrons. The summed E-state index contributed by atoms with van der Waals surface area (Å²) in [7, 11) is -5.32. The lowest BCUT2D eigenvalue weighted by Crippen LogP contribution is -2.65. The van der Waals surface area contributed by atoms with E-state index in [1.165, 1.54) is 135 Å². The van der Waals surface area contributed by atoms with E-state index in [-0.39, 0.29) is 18.4 Å². The molecule has 18 heteroatoms. The fourth-order valence-corrected chi connectivity index (χ4v) is 14.7. The Morgan fingerprint density at radius 1 is 0.443 bits per heavy atom. The second-order valence-corrected chi connectivity index (χ2v) is 29.4. The summed E-state index contributed by atoms with van der Waals surface area (Å²) in [6.45, 7) is 20.5. The lowest BCUT2D eigenvalue weighted by atomic mass is 9.80. The van der Waals surface area contributed by atoms with Crippen molar-refractivity contribution in [1.82, 2.24) is 0 Å². The summed E-state index contributed by atoms with van der Waals surface area (Å²) >= 11 is 0. The molecule has 19 atom stereocenters. The average Bonchev–Trinajstić information content (AvgIpc) is 3.09. The molecule has 88 heavy (non-hydrogen) atoms. The summed E-state index contributed by atoms with van der Waals surface area (Å²) < 4.78 is 67.5. The zero-order valence-corrected chi connectivity index (χ0v) is 58.0. The summed E-state index contributed by atoms with van der Waals surface area (Å²) in [5, 5.41) is 64.4. The van der Waals surface area contributed by atoms with Crippen LogP contribution in [0.25, 0.3) is 0 Å². The number of hydrogen-bond acceptors (Lipinski definition) is 16. The third-order valence-electron chi connectivity index (χ3n) is 18.8. The predicted molar refractivity (Wildman–Crippen MR) is 348 cm³/mol. The van der Waals surface area contributed by atoms with Gasteiger partial charge in [0, 0.05) is 6.42 Å². The maximum atomic E-state index is 14.1. The highest BCUT2D eigenvalue weighted by molar-refractivity contribution is 7.80. The van der Waals surface area contributed by atoms with E-state index in [1.807, 2.05) is 0 Å². The molecule has 0 aromatic heterocycles. The van der Waals surface area contributed by atoms with Crippen LogP contribution in [0.3, 0.4) is 0 Å². The van der Waals surface area contributed by atoms with E-state index in [4.69, 9.17) is 23.7 Å². The van der Waals surface area contributed by atoms with Gasteiger partial charge in [0.1, 0.15) is 30.5 Å². The van der Waals surface area contributed by atoms with Crippen LogP contribution in [0.15, 0.2) is 0 Å². The molecular weight excluding hydrogens is 1140 g/mol. The number of aliphatic hydroxyl groups excluding tert-OH is 6. The number of unbranched alkanes of at least 4 members (excludes halogenated alkanes) is 26. The SMILES string of the molecule is CCCCCCCCCCCCCCCCCC(=O)O[C@H]1[C@@H](O[C@H]2O[C@H](CO)[C@@H](O)[C@H](O)[C@H]2OS(=O)(=O)O)O[C@H](CO)[C@@H](O)[C@@H]1OC(=O)[C@@H](C)C[C@@H](C)C[C@@H](C)C[C@@H](C)C[C@@H](C)C[C@@H](C)C[C@@H](C)C[C@@H](C)C(O)CCCCCCCCCCCCCCC. The minimum Gasteiger partial charge on any atom is -0.455 e. The molecule has 0 aliphatic carbocycles. The number of carbonyl (C=O) groups excluding carboxylic acids is 2. The summed E-state index contributed by atoms with van der Waals surface area (Å²) in [6.07, 6.45) is 23.4. The summed E-state index contributed by atoms with van der Waals surface area (Å²) in [5.74, 6) is 0.860. The third kappa shape index (κ3) is 36.2.